The summed E-state index contributed by atoms with van der Waals surface area (Å²) in [5, 5.41) is 0. The first-order valence-electron chi connectivity index (χ1n) is 15.3. The molecule has 1 N–H and O–H groups in total. The van der Waals surface area contributed by atoms with Gasteiger partial charge in [-0.3, -0.25) is 9.42 Å². The highest BCUT2D eigenvalue weighted by Crippen LogP contribution is 2.45. The van der Waals surface area contributed by atoms with Crippen molar-refractivity contribution in [3.63, 3.8) is 0 Å². The highest BCUT2D eigenvalue weighted by atomic mass is 32.2. The molecule has 1 aromatic rings. The van der Waals surface area contributed by atoms with Crippen LogP contribution >= 0.6 is 19.6 Å². The fraction of sp³-hybridized carbons (Fsp3) is 0.742. The van der Waals surface area contributed by atoms with Crippen molar-refractivity contribution in [2.75, 3.05) is 32.8 Å². The number of methoxy groups -OCH3 is 1. The minimum absolute atomic E-state index is 0.0874. The zero-order chi connectivity index (χ0) is 28.9. The number of ether oxygens (including phenoxy) is 2. The Morgan fingerprint density at radius 3 is 2.10 bits per heavy atom. The maximum absolute atomic E-state index is 12.7. The lowest BCUT2D eigenvalue weighted by atomic mass is 10.0. The molecular weight excluding hydrogens is 545 g/mol. The number of phosphoric ester groups is 1. The van der Waals surface area contributed by atoms with Crippen LogP contribution in [0, 0.1) is 0 Å². The van der Waals surface area contributed by atoms with E-state index in [0.29, 0.717) is 25.5 Å². The molecule has 0 saturated heterocycles. The van der Waals surface area contributed by atoms with E-state index < -0.39 is 13.9 Å². The fourth-order valence-electron chi connectivity index (χ4n) is 4.68. The SMILES string of the molecule is CCCCCCCCCCCCCCCCOCC(COP(=O)(O)Oc1ccccc1CN1C=C(C)SC1)OC. The van der Waals surface area contributed by atoms with E-state index in [0.717, 1.165) is 24.3 Å². The molecule has 0 bridgehead atoms. The van der Waals surface area contributed by atoms with E-state index in [2.05, 4.69) is 24.9 Å². The maximum atomic E-state index is 12.7. The van der Waals surface area contributed by atoms with Crippen LogP contribution in [-0.2, 0) is 25.1 Å². The zero-order valence-electron chi connectivity index (χ0n) is 25.2. The third-order valence-corrected chi connectivity index (χ3v) is 9.01. The molecular formula is C31H54NO6PS. The number of phosphoric acid groups is 1. The molecule has 2 atom stereocenters. The molecule has 1 aromatic carbocycles. The first-order chi connectivity index (χ1) is 19.4. The van der Waals surface area contributed by atoms with E-state index in [4.69, 9.17) is 18.5 Å². The molecule has 1 aliphatic heterocycles. The van der Waals surface area contributed by atoms with Crippen LogP contribution in [0.1, 0.15) is 109 Å². The summed E-state index contributed by atoms with van der Waals surface area (Å²) >= 11 is 1.77. The van der Waals surface area contributed by atoms with Crippen molar-refractivity contribution in [1.29, 1.82) is 0 Å². The molecule has 0 aromatic heterocycles. The van der Waals surface area contributed by atoms with Gasteiger partial charge in [-0.25, -0.2) is 4.57 Å². The lowest BCUT2D eigenvalue weighted by Crippen LogP contribution is -2.24. The van der Waals surface area contributed by atoms with Gasteiger partial charge in [0.1, 0.15) is 11.9 Å². The third-order valence-electron chi connectivity index (χ3n) is 7.09. The number of rotatable bonds is 25. The summed E-state index contributed by atoms with van der Waals surface area (Å²) in [6.45, 7) is 5.81. The molecule has 0 spiro atoms. The van der Waals surface area contributed by atoms with Gasteiger partial charge in [-0.15, -0.1) is 11.8 Å². The Balaban J connectivity index is 1.51. The number of para-hydroxylation sites is 1. The van der Waals surface area contributed by atoms with E-state index in [1.54, 1.807) is 31.0 Å². The Hall–Kier alpha value is -1.02. The van der Waals surface area contributed by atoms with Crippen LogP contribution in [0.25, 0.3) is 0 Å². The Morgan fingerprint density at radius 2 is 1.52 bits per heavy atom. The Labute approximate surface area is 248 Å². The number of nitrogens with zero attached hydrogens (tertiary/aromatic N) is 1. The first kappa shape index (κ1) is 35.2. The van der Waals surface area contributed by atoms with Crippen LogP contribution in [0.4, 0.5) is 0 Å². The van der Waals surface area contributed by atoms with Crippen molar-refractivity contribution in [3.05, 3.63) is 40.9 Å². The van der Waals surface area contributed by atoms with Crippen molar-refractivity contribution in [3.8, 4) is 5.75 Å². The Kier molecular flexibility index (Phi) is 19.0. The van der Waals surface area contributed by atoms with E-state index in [9.17, 15) is 9.46 Å². The predicted molar refractivity (Wildman–Crippen MR) is 167 cm³/mol. The topological polar surface area (TPSA) is 77.5 Å². The van der Waals surface area contributed by atoms with Crippen LogP contribution in [0.5, 0.6) is 5.75 Å². The van der Waals surface area contributed by atoms with Gasteiger partial charge in [-0.2, -0.15) is 0 Å². The molecule has 230 valence electrons. The number of hydrogen-bond acceptors (Lipinski definition) is 7. The van der Waals surface area contributed by atoms with E-state index in [1.165, 1.54) is 82.0 Å². The summed E-state index contributed by atoms with van der Waals surface area (Å²) in [6.07, 6.45) is 20.2. The highest BCUT2D eigenvalue weighted by Gasteiger charge is 2.27. The van der Waals surface area contributed by atoms with Crippen molar-refractivity contribution in [2.24, 2.45) is 0 Å². The van der Waals surface area contributed by atoms with Crippen LogP contribution in [-0.4, -0.2) is 48.7 Å². The van der Waals surface area contributed by atoms with Crippen LogP contribution < -0.4 is 4.52 Å². The summed E-state index contributed by atoms with van der Waals surface area (Å²) in [6, 6.07) is 7.25. The van der Waals surface area contributed by atoms with Crippen LogP contribution in [0.15, 0.2) is 35.4 Å². The molecule has 0 saturated carbocycles. The van der Waals surface area contributed by atoms with Gasteiger partial charge in [0.25, 0.3) is 0 Å². The lowest BCUT2D eigenvalue weighted by molar-refractivity contribution is -0.0197. The average molecular weight is 600 g/mol. The van der Waals surface area contributed by atoms with E-state index in [-0.39, 0.29) is 6.61 Å². The largest absolute Gasteiger partial charge is 0.527 e. The number of unbranched alkanes of at least 4 members (excludes halogenated alkanes) is 13. The quantitative estimate of drug-likeness (QED) is 0.0881. The summed E-state index contributed by atoms with van der Waals surface area (Å²) in [5.74, 6) is 1.20. The second-order valence-electron chi connectivity index (χ2n) is 10.8. The zero-order valence-corrected chi connectivity index (χ0v) is 26.9. The van der Waals surface area contributed by atoms with Gasteiger partial charge >= 0.3 is 7.82 Å². The van der Waals surface area contributed by atoms with Gasteiger partial charge < -0.3 is 18.9 Å². The molecule has 2 unspecified atom stereocenters. The number of benzene rings is 1. The normalized spacial score (nSPS) is 15.7. The summed E-state index contributed by atoms with van der Waals surface area (Å²) in [7, 11) is -2.77. The van der Waals surface area contributed by atoms with Gasteiger partial charge in [0.15, 0.2) is 0 Å². The van der Waals surface area contributed by atoms with Crippen LogP contribution in [0.3, 0.4) is 0 Å². The summed E-state index contributed by atoms with van der Waals surface area (Å²) < 4.78 is 34.5. The van der Waals surface area contributed by atoms with Gasteiger partial charge in [-0.05, 0) is 24.3 Å². The van der Waals surface area contributed by atoms with Crippen LogP contribution in [0.2, 0.25) is 0 Å². The molecule has 7 nitrogen and oxygen atoms in total. The van der Waals surface area contributed by atoms with Gasteiger partial charge in [0, 0.05) is 32.0 Å². The Bertz CT molecular complexity index is 870. The monoisotopic (exact) mass is 599 g/mol. The maximum Gasteiger partial charge on any atom is 0.527 e. The Morgan fingerprint density at radius 1 is 0.925 bits per heavy atom. The van der Waals surface area contributed by atoms with E-state index >= 15 is 0 Å². The molecule has 1 heterocycles. The molecule has 0 amide bonds. The van der Waals surface area contributed by atoms with Crippen molar-refractivity contribution >= 4 is 19.6 Å². The fourth-order valence-corrected chi connectivity index (χ4v) is 6.27. The minimum Gasteiger partial charge on any atom is -0.404 e. The molecule has 9 heteroatoms. The van der Waals surface area contributed by atoms with Crippen molar-refractivity contribution in [2.45, 2.75) is 116 Å². The van der Waals surface area contributed by atoms with Gasteiger partial charge in [0.2, 0.25) is 0 Å². The number of hydrogen-bond donors (Lipinski definition) is 1. The number of thioether (sulfide) groups is 1. The average Bonchev–Trinajstić information content (AvgIpc) is 3.35. The van der Waals surface area contributed by atoms with Gasteiger partial charge in [0.05, 0.1) is 19.1 Å². The summed E-state index contributed by atoms with van der Waals surface area (Å²) in [4.78, 5) is 13.7. The minimum atomic E-state index is -4.32. The van der Waals surface area contributed by atoms with Crippen molar-refractivity contribution < 1.29 is 28.0 Å². The molecule has 0 fully saturated rings. The molecule has 0 aliphatic carbocycles. The van der Waals surface area contributed by atoms with E-state index in [1.807, 2.05) is 12.1 Å². The molecule has 1 aliphatic rings. The molecule has 2 rings (SSSR count). The second kappa shape index (κ2) is 21.6. The first-order valence-corrected chi connectivity index (χ1v) is 17.8. The van der Waals surface area contributed by atoms with Crippen molar-refractivity contribution in [1.82, 2.24) is 4.90 Å². The summed E-state index contributed by atoms with van der Waals surface area (Å²) in [5.41, 5.74) is 0.826. The molecule has 40 heavy (non-hydrogen) atoms. The predicted octanol–water partition coefficient (Wildman–Crippen LogP) is 9.06. The number of allylic oxidation sites excluding steroid dienone is 1. The lowest BCUT2D eigenvalue weighted by Gasteiger charge is -2.21. The highest BCUT2D eigenvalue weighted by molar-refractivity contribution is 8.03. The standard InChI is InChI=1S/C31H54NO6PS/c1-4-5-6-7-8-9-10-11-12-13-14-15-16-19-22-36-25-30(35-3)26-37-39(33,34)38-31-21-18-17-20-29(31)24-32-23-28(2)40-27-32/h17-18,20-21,23,30H,4-16,19,22,24-27H2,1-3H3,(H,33,34). The van der Waals surface area contributed by atoms with Gasteiger partial charge in [-0.1, -0.05) is 109 Å². The second-order valence-corrected chi connectivity index (χ2v) is 13.3. The third kappa shape index (κ3) is 16.4. The molecule has 0 radical (unpaired) electrons. The smallest absolute Gasteiger partial charge is 0.404 e.